The average Bonchev–Trinajstić information content (AvgIpc) is 2.72. The van der Waals surface area contributed by atoms with Crippen LogP contribution in [0.25, 0.3) is 0 Å². The van der Waals surface area contributed by atoms with Gasteiger partial charge in [-0.2, -0.15) is 0 Å². The number of hydrogen-bond donors (Lipinski definition) is 0. The van der Waals surface area contributed by atoms with Crippen molar-refractivity contribution < 1.29 is 13.9 Å². The van der Waals surface area contributed by atoms with Crippen molar-refractivity contribution in [2.45, 2.75) is 19.8 Å². The molecule has 0 aromatic carbocycles. The van der Waals surface area contributed by atoms with Crippen LogP contribution in [0, 0.1) is 11.2 Å². The van der Waals surface area contributed by atoms with Gasteiger partial charge >= 0.3 is 0 Å². The summed E-state index contributed by atoms with van der Waals surface area (Å²) in [5.41, 5.74) is 0.0126. The first-order valence-electron chi connectivity index (χ1n) is 7.64. The first kappa shape index (κ1) is 15.1. The van der Waals surface area contributed by atoms with Crippen LogP contribution in [0.5, 0.6) is 0 Å². The summed E-state index contributed by atoms with van der Waals surface area (Å²) >= 11 is 0. The van der Waals surface area contributed by atoms with E-state index in [1.165, 1.54) is 12.4 Å². The van der Waals surface area contributed by atoms with Crippen molar-refractivity contribution >= 4 is 11.9 Å². The smallest absolute Gasteiger partial charge is 0.225 e. The average molecular weight is 308 g/mol. The largest absolute Gasteiger partial charge is 0.379 e. The van der Waals surface area contributed by atoms with Crippen LogP contribution in [-0.2, 0) is 9.53 Å². The van der Waals surface area contributed by atoms with Gasteiger partial charge in [0.25, 0.3) is 0 Å². The Morgan fingerprint density at radius 1 is 1.27 bits per heavy atom. The molecule has 0 bridgehead atoms. The highest BCUT2D eigenvalue weighted by Gasteiger charge is 2.39. The molecule has 22 heavy (non-hydrogen) atoms. The van der Waals surface area contributed by atoms with Gasteiger partial charge in [0.2, 0.25) is 11.9 Å². The van der Waals surface area contributed by atoms with E-state index in [9.17, 15) is 9.18 Å². The van der Waals surface area contributed by atoms with E-state index in [1.54, 1.807) is 6.92 Å². The number of anilines is 1. The molecule has 3 rings (SSSR count). The van der Waals surface area contributed by atoms with Crippen molar-refractivity contribution in [3.63, 3.8) is 0 Å². The van der Waals surface area contributed by atoms with Crippen LogP contribution in [0.2, 0.25) is 0 Å². The highest BCUT2D eigenvalue weighted by Crippen LogP contribution is 2.35. The zero-order valence-corrected chi connectivity index (χ0v) is 12.8. The molecule has 1 amide bonds. The Labute approximate surface area is 129 Å². The first-order chi connectivity index (χ1) is 10.6. The lowest BCUT2D eigenvalue weighted by Crippen LogP contribution is -2.48. The van der Waals surface area contributed by atoms with Crippen molar-refractivity contribution in [3.05, 3.63) is 18.2 Å². The van der Waals surface area contributed by atoms with Gasteiger partial charge in [-0.15, -0.1) is 0 Å². The number of amides is 1. The van der Waals surface area contributed by atoms with E-state index in [-0.39, 0.29) is 11.3 Å². The highest BCUT2D eigenvalue weighted by molar-refractivity contribution is 5.73. The molecule has 3 heterocycles. The van der Waals surface area contributed by atoms with Crippen LogP contribution in [0.1, 0.15) is 19.8 Å². The summed E-state index contributed by atoms with van der Waals surface area (Å²) in [5.74, 6) is 0.245. The van der Waals surface area contributed by atoms with Gasteiger partial charge in [-0.25, -0.2) is 14.4 Å². The second kappa shape index (κ2) is 6.16. The minimum atomic E-state index is -0.425. The van der Waals surface area contributed by atoms with Crippen molar-refractivity contribution in [1.82, 2.24) is 14.9 Å². The summed E-state index contributed by atoms with van der Waals surface area (Å²) in [4.78, 5) is 23.7. The molecule has 6 nitrogen and oxygen atoms in total. The molecular weight excluding hydrogens is 287 g/mol. The van der Waals surface area contributed by atoms with E-state index in [0.717, 1.165) is 32.5 Å². The topological polar surface area (TPSA) is 58.6 Å². The van der Waals surface area contributed by atoms with E-state index in [0.29, 0.717) is 25.7 Å². The lowest BCUT2D eigenvalue weighted by Gasteiger charge is -2.42. The highest BCUT2D eigenvalue weighted by atomic mass is 19.1. The van der Waals surface area contributed by atoms with Crippen LogP contribution in [0.15, 0.2) is 12.4 Å². The minimum Gasteiger partial charge on any atom is -0.379 e. The number of halogens is 1. The van der Waals surface area contributed by atoms with Gasteiger partial charge in [0.1, 0.15) is 0 Å². The number of carbonyl (C=O) groups is 1. The fourth-order valence-corrected chi connectivity index (χ4v) is 3.21. The SMILES string of the molecule is CC(=O)N1CCOCC2(CCN(c3ncc(F)cn3)CC2)C1. The number of carbonyl (C=O) groups excluding carboxylic acids is 1. The molecule has 7 heteroatoms. The van der Waals surface area contributed by atoms with E-state index in [2.05, 4.69) is 14.9 Å². The quantitative estimate of drug-likeness (QED) is 0.777. The number of ether oxygens (including phenoxy) is 1. The van der Waals surface area contributed by atoms with Crippen molar-refractivity contribution in [1.29, 1.82) is 0 Å². The van der Waals surface area contributed by atoms with Gasteiger partial charge < -0.3 is 14.5 Å². The number of rotatable bonds is 1. The van der Waals surface area contributed by atoms with Gasteiger partial charge in [0.05, 0.1) is 25.6 Å². The lowest BCUT2D eigenvalue weighted by molar-refractivity contribution is -0.130. The molecule has 0 N–H and O–H groups in total. The van der Waals surface area contributed by atoms with Gasteiger partial charge in [0.15, 0.2) is 5.82 Å². The fraction of sp³-hybridized carbons (Fsp3) is 0.667. The third-order valence-electron chi connectivity index (χ3n) is 4.60. The van der Waals surface area contributed by atoms with Crippen LogP contribution >= 0.6 is 0 Å². The molecule has 2 aliphatic heterocycles. The zero-order valence-electron chi connectivity index (χ0n) is 12.8. The molecule has 1 spiro atoms. The molecule has 0 atom stereocenters. The normalized spacial score (nSPS) is 21.7. The summed E-state index contributed by atoms with van der Waals surface area (Å²) in [5, 5.41) is 0. The van der Waals surface area contributed by atoms with Crippen molar-refractivity contribution in [2.75, 3.05) is 44.3 Å². The maximum atomic E-state index is 12.9. The molecule has 0 radical (unpaired) electrons. The molecule has 0 aliphatic carbocycles. The van der Waals surface area contributed by atoms with Gasteiger partial charge in [-0.05, 0) is 12.8 Å². The van der Waals surface area contributed by atoms with Crippen LogP contribution in [0.4, 0.5) is 10.3 Å². The van der Waals surface area contributed by atoms with E-state index in [1.807, 2.05) is 4.90 Å². The Kier molecular flexibility index (Phi) is 4.24. The molecule has 0 unspecified atom stereocenters. The number of nitrogens with zero attached hydrogens (tertiary/aromatic N) is 4. The first-order valence-corrected chi connectivity index (χ1v) is 7.64. The number of hydrogen-bond acceptors (Lipinski definition) is 5. The fourth-order valence-electron chi connectivity index (χ4n) is 3.21. The Bertz CT molecular complexity index is 529. The molecule has 2 fully saturated rings. The standard InChI is InChI=1S/C15H21FN4O2/c1-12(21)20-6-7-22-11-15(10-20)2-4-19(5-3-15)14-17-8-13(16)9-18-14/h8-9H,2-7,10-11H2,1H3. The lowest BCUT2D eigenvalue weighted by atomic mass is 9.78. The van der Waals surface area contributed by atoms with Crippen LogP contribution in [-0.4, -0.2) is 60.2 Å². The van der Waals surface area contributed by atoms with Crippen LogP contribution in [0.3, 0.4) is 0 Å². The predicted molar refractivity (Wildman–Crippen MR) is 78.9 cm³/mol. The monoisotopic (exact) mass is 308 g/mol. The summed E-state index contributed by atoms with van der Waals surface area (Å²) in [6.45, 7) is 5.91. The molecule has 1 aromatic rings. The summed E-state index contributed by atoms with van der Waals surface area (Å²) in [6, 6.07) is 0. The van der Waals surface area contributed by atoms with E-state index in [4.69, 9.17) is 4.74 Å². The molecule has 120 valence electrons. The maximum absolute atomic E-state index is 12.9. The maximum Gasteiger partial charge on any atom is 0.225 e. The summed E-state index contributed by atoms with van der Waals surface area (Å²) in [6.07, 6.45) is 4.22. The second-order valence-corrected chi connectivity index (χ2v) is 6.18. The minimum absolute atomic E-state index is 0.0126. The number of piperidine rings is 1. The van der Waals surface area contributed by atoms with Gasteiger partial charge in [-0.3, -0.25) is 4.79 Å². The molecule has 1 aromatic heterocycles. The molecule has 2 saturated heterocycles. The Morgan fingerprint density at radius 3 is 2.59 bits per heavy atom. The third kappa shape index (κ3) is 3.19. The van der Waals surface area contributed by atoms with E-state index >= 15 is 0 Å². The Hall–Kier alpha value is -1.76. The summed E-state index contributed by atoms with van der Waals surface area (Å²) < 4.78 is 18.6. The predicted octanol–water partition coefficient (Wildman–Crippen LogP) is 1.08. The summed E-state index contributed by atoms with van der Waals surface area (Å²) in [7, 11) is 0. The molecule has 0 saturated carbocycles. The molecular formula is C15H21FN4O2. The van der Waals surface area contributed by atoms with Gasteiger partial charge in [-0.1, -0.05) is 0 Å². The van der Waals surface area contributed by atoms with Crippen molar-refractivity contribution in [3.8, 4) is 0 Å². The zero-order chi connectivity index (χ0) is 15.6. The second-order valence-electron chi connectivity index (χ2n) is 6.18. The Balaban J connectivity index is 1.66. The van der Waals surface area contributed by atoms with E-state index < -0.39 is 5.82 Å². The van der Waals surface area contributed by atoms with Crippen molar-refractivity contribution in [2.24, 2.45) is 5.41 Å². The molecule has 2 aliphatic rings. The number of aromatic nitrogens is 2. The third-order valence-corrected chi connectivity index (χ3v) is 4.60. The van der Waals surface area contributed by atoms with Gasteiger partial charge in [0, 0.05) is 38.5 Å². The Morgan fingerprint density at radius 2 is 1.95 bits per heavy atom. The van der Waals surface area contributed by atoms with Crippen LogP contribution < -0.4 is 4.90 Å².